The number of carbonyl (C=O) groups is 1. The number of H-pyrrole nitrogens is 1. The summed E-state index contributed by atoms with van der Waals surface area (Å²) in [5.74, 6) is -1.09. The lowest BCUT2D eigenvalue weighted by Crippen LogP contribution is -2.41. The Kier molecular flexibility index (Phi) is 2.70. The first-order valence-corrected chi connectivity index (χ1v) is 3.82. The number of hydrogen-bond donors (Lipinski definition) is 3. The van der Waals surface area contributed by atoms with Crippen molar-refractivity contribution < 1.29 is 9.90 Å². The van der Waals surface area contributed by atoms with Crippen LogP contribution in [0.2, 0.25) is 0 Å². The summed E-state index contributed by atoms with van der Waals surface area (Å²) < 4.78 is 0.903. The summed E-state index contributed by atoms with van der Waals surface area (Å²) in [7, 11) is 0. The third-order valence-electron chi connectivity index (χ3n) is 1.53. The zero-order valence-electron chi connectivity index (χ0n) is 7.35. The van der Waals surface area contributed by atoms with Crippen molar-refractivity contribution in [1.29, 1.82) is 0 Å². The molecule has 7 nitrogen and oxygen atoms in total. The van der Waals surface area contributed by atoms with Gasteiger partial charge < -0.3 is 10.5 Å². The summed E-state index contributed by atoms with van der Waals surface area (Å²) in [6, 6.07) is 0.196. The highest BCUT2D eigenvalue weighted by atomic mass is 16.4. The predicted octanol–water partition coefficient (Wildman–Crippen LogP) is -1.45. The van der Waals surface area contributed by atoms with E-state index in [-0.39, 0.29) is 0 Å². The van der Waals surface area contributed by atoms with Crippen LogP contribution in [0.3, 0.4) is 0 Å². The minimum atomic E-state index is -1.09. The lowest BCUT2D eigenvalue weighted by atomic mass is 10.4. The fourth-order valence-electron chi connectivity index (χ4n) is 0.783. The number of aromatic nitrogens is 2. The van der Waals surface area contributed by atoms with E-state index in [1.165, 1.54) is 13.1 Å². The first-order chi connectivity index (χ1) is 6.50. The summed E-state index contributed by atoms with van der Waals surface area (Å²) in [4.78, 5) is 34.1. The molecule has 1 atom stereocenters. The maximum Gasteiger partial charge on any atom is 0.346 e. The normalized spacial score (nSPS) is 12.1. The summed E-state index contributed by atoms with van der Waals surface area (Å²) in [5.41, 5.74) is 1.14. The summed E-state index contributed by atoms with van der Waals surface area (Å²) >= 11 is 0. The first-order valence-electron chi connectivity index (χ1n) is 3.82. The molecule has 0 saturated heterocycles. The second-order valence-electron chi connectivity index (χ2n) is 2.67. The summed E-state index contributed by atoms with van der Waals surface area (Å²) in [6.07, 6.45) is 1.17. The molecule has 0 aliphatic rings. The second kappa shape index (κ2) is 3.77. The molecule has 0 aliphatic carbocycles. The molecule has 0 aliphatic heterocycles. The number of aromatic amines is 1. The van der Waals surface area contributed by atoms with E-state index >= 15 is 0 Å². The van der Waals surface area contributed by atoms with Crippen LogP contribution in [0, 0.1) is 0 Å². The Labute approximate surface area is 78.0 Å². The van der Waals surface area contributed by atoms with Gasteiger partial charge in [-0.3, -0.25) is 9.78 Å². The molecule has 0 radical (unpaired) electrons. The Balaban J connectivity index is 2.93. The fraction of sp³-hybridized carbons (Fsp3) is 0.286. The molecule has 0 spiro atoms. The van der Waals surface area contributed by atoms with Crippen molar-refractivity contribution in [2.75, 3.05) is 5.43 Å². The Morgan fingerprint density at radius 2 is 2.29 bits per heavy atom. The van der Waals surface area contributed by atoms with E-state index in [1.54, 1.807) is 0 Å². The van der Waals surface area contributed by atoms with Gasteiger partial charge in [0.2, 0.25) is 0 Å². The van der Waals surface area contributed by atoms with E-state index in [9.17, 15) is 14.4 Å². The highest BCUT2D eigenvalue weighted by Crippen LogP contribution is 1.82. The van der Waals surface area contributed by atoms with Crippen LogP contribution in [0.25, 0.3) is 0 Å². The molecular weight excluding hydrogens is 190 g/mol. The van der Waals surface area contributed by atoms with Crippen LogP contribution < -0.4 is 16.7 Å². The molecule has 1 aromatic heterocycles. The second-order valence-corrected chi connectivity index (χ2v) is 2.67. The Morgan fingerprint density at radius 1 is 1.64 bits per heavy atom. The average molecular weight is 199 g/mol. The van der Waals surface area contributed by atoms with Crippen molar-refractivity contribution in [1.82, 2.24) is 9.66 Å². The van der Waals surface area contributed by atoms with E-state index in [0.29, 0.717) is 0 Å². The largest absolute Gasteiger partial charge is 0.480 e. The fourth-order valence-corrected chi connectivity index (χ4v) is 0.783. The molecule has 76 valence electrons. The zero-order valence-corrected chi connectivity index (χ0v) is 7.35. The molecule has 1 unspecified atom stereocenters. The number of nitrogens with zero attached hydrogens (tertiary/aromatic N) is 1. The molecule has 0 saturated carbocycles. The van der Waals surface area contributed by atoms with Gasteiger partial charge in [0, 0.05) is 12.3 Å². The number of aliphatic carboxylic acids is 1. The molecular formula is C7H9N3O4. The molecule has 7 heteroatoms. The maximum atomic E-state index is 11.1. The molecule has 1 heterocycles. The Bertz CT molecular complexity index is 447. The van der Waals surface area contributed by atoms with Crippen molar-refractivity contribution in [3.05, 3.63) is 33.1 Å². The molecule has 14 heavy (non-hydrogen) atoms. The molecule has 1 rings (SSSR count). The van der Waals surface area contributed by atoms with Crippen molar-refractivity contribution in [2.24, 2.45) is 0 Å². The Hall–Kier alpha value is -2.05. The van der Waals surface area contributed by atoms with E-state index in [0.717, 1.165) is 10.7 Å². The third-order valence-corrected chi connectivity index (χ3v) is 1.53. The predicted molar refractivity (Wildman–Crippen MR) is 47.8 cm³/mol. The van der Waals surface area contributed by atoms with Crippen molar-refractivity contribution in [3.8, 4) is 0 Å². The van der Waals surface area contributed by atoms with E-state index in [1.807, 2.05) is 4.98 Å². The number of carboxylic acids is 1. The topological polar surface area (TPSA) is 104 Å². The SMILES string of the molecule is CC(Nn1ccc(=O)[nH]c1=O)C(=O)O. The molecule has 0 amide bonds. The molecule has 1 aromatic rings. The molecule has 0 aromatic carbocycles. The third kappa shape index (κ3) is 2.22. The van der Waals surface area contributed by atoms with Gasteiger partial charge in [-0.1, -0.05) is 0 Å². The number of rotatable bonds is 3. The van der Waals surface area contributed by atoms with Crippen LogP contribution in [0.1, 0.15) is 6.92 Å². The van der Waals surface area contributed by atoms with E-state index in [4.69, 9.17) is 5.11 Å². The number of carboxylic acid groups (broad SMARTS) is 1. The van der Waals surface area contributed by atoms with Gasteiger partial charge >= 0.3 is 11.7 Å². The quantitative estimate of drug-likeness (QED) is 0.552. The Morgan fingerprint density at radius 3 is 2.79 bits per heavy atom. The molecule has 3 N–H and O–H groups in total. The lowest BCUT2D eigenvalue weighted by molar-refractivity contribution is -0.137. The van der Waals surface area contributed by atoms with Crippen LogP contribution in [0.4, 0.5) is 0 Å². The van der Waals surface area contributed by atoms with Crippen molar-refractivity contribution in [2.45, 2.75) is 13.0 Å². The van der Waals surface area contributed by atoms with Crippen LogP contribution in [0.15, 0.2) is 21.9 Å². The van der Waals surface area contributed by atoms with Crippen molar-refractivity contribution >= 4 is 5.97 Å². The van der Waals surface area contributed by atoms with Gasteiger partial charge in [-0.25, -0.2) is 14.3 Å². The van der Waals surface area contributed by atoms with Gasteiger partial charge in [-0.05, 0) is 6.92 Å². The molecule has 0 bridgehead atoms. The van der Waals surface area contributed by atoms with E-state index < -0.39 is 23.3 Å². The van der Waals surface area contributed by atoms with Gasteiger partial charge in [0.15, 0.2) is 0 Å². The standard InChI is InChI=1S/C7H9N3O4/c1-4(6(12)13)9-10-3-2-5(11)8-7(10)14/h2-4,9H,1H3,(H,12,13)(H,8,11,14). The van der Waals surface area contributed by atoms with Crippen molar-refractivity contribution in [3.63, 3.8) is 0 Å². The number of nitrogens with one attached hydrogen (secondary N) is 2. The summed E-state index contributed by atoms with van der Waals surface area (Å²) in [5, 5.41) is 8.54. The minimum Gasteiger partial charge on any atom is -0.480 e. The van der Waals surface area contributed by atoms with E-state index in [2.05, 4.69) is 5.43 Å². The summed E-state index contributed by atoms with van der Waals surface area (Å²) in [6.45, 7) is 1.37. The van der Waals surface area contributed by atoms with Crippen LogP contribution >= 0.6 is 0 Å². The minimum absolute atomic E-state index is 0.531. The van der Waals surface area contributed by atoms with Crippen LogP contribution in [0.5, 0.6) is 0 Å². The van der Waals surface area contributed by atoms with Gasteiger partial charge in [-0.2, -0.15) is 0 Å². The van der Waals surface area contributed by atoms with Crippen LogP contribution in [-0.4, -0.2) is 26.8 Å². The maximum absolute atomic E-state index is 11.1. The molecule has 0 fully saturated rings. The highest BCUT2D eigenvalue weighted by Gasteiger charge is 2.10. The number of hydrogen-bond acceptors (Lipinski definition) is 4. The lowest BCUT2D eigenvalue weighted by Gasteiger charge is -2.11. The first kappa shape index (κ1) is 10.0. The van der Waals surface area contributed by atoms with Gasteiger partial charge in [-0.15, -0.1) is 0 Å². The zero-order chi connectivity index (χ0) is 10.7. The average Bonchev–Trinajstić information content (AvgIpc) is 2.09. The smallest absolute Gasteiger partial charge is 0.346 e. The van der Waals surface area contributed by atoms with Gasteiger partial charge in [0.1, 0.15) is 6.04 Å². The highest BCUT2D eigenvalue weighted by molar-refractivity contribution is 5.74. The van der Waals surface area contributed by atoms with Gasteiger partial charge in [0.25, 0.3) is 5.56 Å². The monoisotopic (exact) mass is 199 g/mol. The van der Waals surface area contributed by atoms with Gasteiger partial charge in [0.05, 0.1) is 0 Å². The van der Waals surface area contributed by atoms with Crippen LogP contribution in [-0.2, 0) is 4.79 Å².